The molecule has 1 amide bonds. The molecule has 3 rings (SSSR count). The maximum atomic E-state index is 12.2. The van der Waals surface area contributed by atoms with Crippen LogP contribution in [0.3, 0.4) is 0 Å². The number of rotatable bonds is 6. The largest absolute Gasteiger partial charge is 0.462 e. The van der Waals surface area contributed by atoms with Crippen LogP contribution in [-0.4, -0.2) is 23.7 Å². The molecule has 1 aliphatic rings. The van der Waals surface area contributed by atoms with Crippen molar-refractivity contribution in [1.29, 1.82) is 0 Å². The zero-order chi connectivity index (χ0) is 19.9. The maximum Gasteiger partial charge on any atom is 0.338 e. The number of nitrogens with one attached hydrogen (secondary N) is 1. The molecule has 1 N–H and O–H groups in total. The average Bonchev–Trinajstić information content (AvgIpc) is 3.03. The second kappa shape index (κ2) is 9.71. The van der Waals surface area contributed by atoms with E-state index >= 15 is 0 Å². The van der Waals surface area contributed by atoms with Crippen molar-refractivity contribution in [3.63, 3.8) is 0 Å². The fourth-order valence-corrected chi connectivity index (χ4v) is 3.48. The lowest BCUT2D eigenvalue weighted by Gasteiger charge is -2.04. The predicted octanol–water partition coefficient (Wildman–Crippen LogP) is 5.30. The van der Waals surface area contributed by atoms with Crippen molar-refractivity contribution in [3.05, 3.63) is 69.0 Å². The van der Waals surface area contributed by atoms with Gasteiger partial charge in [-0.2, -0.15) is 0 Å². The number of nitrogens with zero attached hydrogens (tertiary/aromatic N) is 1. The monoisotopic (exact) mass is 458 g/mol. The third kappa shape index (κ3) is 5.56. The molecular weight excluding hydrogens is 440 g/mol. The fourth-order valence-electron chi connectivity index (χ4n) is 2.37. The van der Waals surface area contributed by atoms with Gasteiger partial charge in [-0.25, -0.2) is 9.79 Å². The van der Waals surface area contributed by atoms with Gasteiger partial charge >= 0.3 is 5.97 Å². The first-order chi connectivity index (χ1) is 13.5. The number of amides is 1. The summed E-state index contributed by atoms with van der Waals surface area (Å²) in [4.78, 5) is 29.1. The maximum absolute atomic E-state index is 12.2. The molecule has 0 bridgehead atoms. The molecule has 1 saturated heterocycles. The number of halogens is 1. The van der Waals surface area contributed by atoms with Crippen LogP contribution in [0.5, 0.6) is 0 Å². The SMILES string of the molecule is CCCCOC(=O)c1ccc(N=C2NC(=O)/C(=C/c3ccc(Br)cc3)S2)cc1. The van der Waals surface area contributed by atoms with Crippen LogP contribution >= 0.6 is 27.7 Å². The summed E-state index contributed by atoms with van der Waals surface area (Å²) >= 11 is 4.68. The van der Waals surface area contributed by atoms with Crippen LogP contribution in [0.4, 0.5) is 5.69 Å². The zero-order valence-electron chi connectivity index (χ0n) is 15.3. The molecule has 0 aromatic heterocycles. The summed E-state index contributed by atoms with van der Waals surface area (Å²) < 4.78 is 6.17. The van der Waals surface area contributed by atoms with Crippen LogP contribution in [0.1, 0.15) is 35.7 Å². The number of carbonyl (C=O) groups is 2. The Morgan fingerprint density at radius 3 is 2.57 bits per heavy atom. The molecule has 0 atom stereocenters. The molecule has 1 heterocycles. The van der Waals surface area contributed by atoms with Crippen LogP contribution in [0, 0.1) is 0 Å². The van der Waals surface area contributed by atoms with Crippen molar-refractivity contribution in [2.75, 3.05) is 6.61 Å². The van der Waals surface area contributed by atoms with Crippen LogP contribution in [0.15, 0.2) is 62.9 Å². The van der Waals surface area contributed by atoms with Crippen molar-refractivity contribution >= 4 is 56.5 Å². The van der Waals surface area contributed by atoms with Crippen molar-refractivity contribution in [2.45, 2.75) is 19.8 Å². The number of carbonyl (C=O) groups excluding carboxylic acids is 2. The number of thioether (sulfide) groups is 1. The van der Waals surface area contributed by atoms with Crippen molar-refractivity contribution in [2.24, 2.45) is 4.99 Å². The van der Waals surface area contributed by atoms with E-state index in [1.165, 1.54) is 11.8 Å². The van der Waals surface area contributed by atoms with E-state index in [0.717, 1.165) is 22.9 Å². The molecule has 5 nitrogen and oxygen atoms in total. The number of hydrogen-bond donors (Lipinski definition) is 1. The van der Waals surface area contributed by atoms with Gasteiger partial charge in [0.15, 0.2) is 5.17 Å². The minimum absolute atomic E-state index is 0.178. The van der Waals surface area contributed by atoms with Gasteiger partial charge in [-0.05, 0) is 66.2 Å². The fraction of sp³-hybridized carbons (Fsp3) is 0.190. The Bertz CT molecular complexity index is 922. The number of hydrogen-bond acceptors (Lipinski definition) is 5. The summed E-state index contributed by atoms with van der Waals surface area (Å²) in [7, 11) is 0. The number of esters is 1. The van der Waals surface area contributed by atoms with Gasteiger partial charge in [0.05, 0.1) is 22.8 Å². The van der Waals surface area contributed by atoms with Crippen molar-refractivity contribution in [3.8, 4) is 0 Å². The number of ether oxygens (including phenoxy) is 1. The summed E-state index contributed by atoms with van der Waals surface area (Å²) in [6, 6.07) is 14.5. The van der Waals surface area contributed by atoms with Crippen LogP contribution in [-0.2, 0) is 9.53 Å². The van der Waals surface area contributed by atoms with Crippen LogP contribution in [0.2, 0.25) is 0 Å². The van der Waals surface area contributed by atoms with Gasteiger partial charge in [0.25, 0.3) is 5.91 Å². The third-order valence-corrected chi connectivity index (χ3v) is 5.32. The molecule has 0 radical (unpaired) electrons. The molecule has 0 aliphatic carbocycles. The van der Waals surface area contributed by atoms with E-state index in [4.69, 9.17) is 4.74 Å². The second-order valence-corrected chi connectivity index (χ2v) is 8.02. The molecule has 2 aromatic rings. The molecule has 1 fully saturated rings. The minimum atomic E-state index is -0.337. The lowest BCUT2D eigenvalue weighted by molar-refractivity contribution is -0.115. The Kier molecular flexibility index (Phi) is 7.06. The zero-order valence-corrected chi connectivity index (χ0v) is 17.7. The average molecular weight is 459 g/mol. The molecule has 0 unspecified atom stereocenters. The van der Waals surface area contributed by atoms with E-state index in [0.29, 0.717) is 27.9 Å². The van der Waals surface area contributed by atoms with E-state index in [9.17, 15) is 9.59 Å². The molecule has 7 heteroatoms. The molecule has 144 valence electrons. The first kappa shape index (κ1) is 20.4. The Labute approximate surface area is 176 Å². The summed E-state index contributed by atoms with van der Waals surface area (Å²) in [5.74, 6) is -0.515. The van der Waals surface area contributed by atoms with Crippen molar-refractivity contribution in [1.82, 2.24) is 5.32 Å². The Balaban J connectivity index is 1.66. The Hall–Kier alpha value is -2.38. The van der Waals surface area contributed by atoms with E-state index in [2.05, 4.69) is 26.2 Å². The van der Waals surface area contributed by atoms with Gasteiger partial charge in [-0.15, -0.1) is 0 Å². The number of aliphatic imine (C=N–C) groups is 1. The van der Waals surface area contributed by atoms with Crippen LogP contribution in [0.25, 0.3) is 6.08 Å². The smallest absolute Gasteiger partial charge is 0.338 e. The summed E-state index contributed by atoms with van der Waals surface area (Å²) in [6.07, 6.45) is 3.65. The Morgan fingerprint density at radius 1 is 1.18 bits per heavy atom. The second-order valence-electron chi connectivity index (χ2n) is 6.07. The minimum Gasteiger partial charge on any atom is -0.462 e. The van der Waals surface area contributed by atoms with Crippen molar-refractivity contribution < 1.29 is 14.3 Å². The van der Waals surface area contributed by atoms with Gasteiger partial charge in [0.1, 0.15) is 0 Å². The third-order valence-electron chi connectivity index (χ3n) is 3.88. The highest BCUT2D eigenvalue weighted by Gasteiger charge is 2.23. The van der Waals surface area contributed by atoms with E-state index in [1.807, 2.05) is 37.3 Å². The Morgan fingerprint density at radius 2 is 1.89 bits per heavy atom. The molecule has 28 heavy (non-hydrogen) atoms. The van der Waals surface area contributed by atoms with Gasteiger partial charge < -0.3 is 10.1 Å². The summed E-state index contributed by atoms with van der Waals surface area (Å²) in [5, 5.41) is 3.27. The molecule has 0 saturated carbocycles. The topological polar surface area (TPSA) is 67.8 Å². The highest BCUT2D eigenvalue weighted by Crippen LogP contribution is 2.28. The lowest BCUT2D eigenvalue weighted by atomic mass is 10.2. The van der Waals surface area contributed by atoms with E-state index in [-0.39, 0.29) is 11.9 Å². The van der Waals surface area contributed by atoms with Crippen LogP contribution < -0.4 is 5.32 Å². The van der Waals surface area contributed by atoms with E-state index in [1.54, 1.807) is 24.3 Å². The lowest BCUT2D eigenvalue weighted by Crippen LogP contribution is -2.19. The highest BCUT2D eigenvalue weighted by molar-refractivity contribution is 9.10. The van der Waals surface area contributed by atoms with Gasteiger partial charge in [0.2, 0.25) is 0 Å². The first-order valence-corrected chi connectivity index (χ1v) is 10.5. The number of unbranched alkanes of at least 4 members (excludes halogenated alkanes) is 1. The summed E-state index contributed by atoms with van der Waals surface area (Å²) in [5.41, 5.74) is 2.07. The molecule has 0 spiro atoms. The van der Waals surface area contributed by atoms with Gasteiger partial charge in [0, 0.05) is 4.47 Å². The molecule has 1 aliphatic heterocycles. The first-order valence-electron chi connectivity index (χ1n) is 8.87. The quantitative estimate of drug-likeness (QED) is 0.362. The molecule has 2 aromatic carbocycles. The molecular formula is C21H19BrN2O3S. The predicted molar refractivity (Wildman–Crippen MR) is 117 cm³/mol. The standard InChI is InChI=1S/C21H19BrN2O3S/c1-2-3-12-27-20(26)15-6-10-17(11-7-15)23-21-24-19(25)18(28-21)13-14-4-8-16(22)9-5-14/h4-11,13H,2-3,12H2,1H3,(H,23,24,25)/b18-13-. The van der Waals surface area contributed by atoms with Gasteiger partial charge in [-0.1, -0.05) is 41.4 Å². The number of amidine groups is 1. The highest BCUT2D eigenvalue weighted by atomic mass is 79.9. The number of benzene rings is 2. The van der Waals surface area contributed by atoms with E-state index < -0.39 is 0 Å². The summed E-state index contributed by atoms with van der Waals surface area (Å²) in [6.45, 7) is 2.47. The normalized spacial score (nSPS) is 16.4. The van der Waals surface area contributed by atoms with Gasteiger partial charge in [-0.3, -0.25) is 4.79 Å².